The van der Waals surface area contributed by atoms with Gasteiger partial charge in [-0.05, 0) is 12.5 Å². The summed E-state index contributed by atoms with van der Waals surface area (Å²) >= 11 is 0. The molecule has 0 radical (unpaired) electrons. The molecule has 0 aromatic heterocycles. The number of nitrogens with zero attached hydrogens (tertiary/aromatic N) is 2. The molecule has 0 aliphatic heterocycles. The number of nitro groups is 1. The maximum absolute atomic E-state index is 10.6. The van der Waals surface area contributed by atoms with Crippen LogP contribution in [0.3, 0.4) is 0 Å². The Labute approximate surface area is 95.7 Å². The van der Waals surface area contributed by atoms with Crippen LogP contribution in [0.4, 0.5) is 5.69 Å². The third kappa shape index (κ3) is 2.38. The van der Waals surface area contributed by atoms with E-state index >= 15 is 0 Å². The van der Waals surface area contributed by atoms with E-state index in [0.29, 0.717) is 0 Å². The second-order valence-electron chi connectivity index (χ2n) is 3.32. The van der Waals surface area contributed by atoms with E-state index in [2.05, 4.69) is 0 Å². The Morgan fingerprint density at radius 3 is 2.59 bits per heavy atom. The molecule has 88 valence electrons. The number of rotatable bonds is 3. The lowest BCUT2D eigenvalue weighted by atomic mass is 9.98. The van der Waals surface area contributed by atoms with Crippen molar-refractivity contribution in [3.05, 3.63) is 38.9 Å². The van der Waals surface area contributed by atoms with Crippen LogP contribution in [0.5, 0.6) is 0 Å². The fraction of sp³-hybridized carbons (Fsp3) is 0.200. The molecule has 2 N–H and O–H groups in total. The van der Waals surface area contributed by atoms with Gasteiger partial charge in [0.2, 0.25) is 0 Å². The molecule has 7 heteroatoms. The number of aliphatic hydroxyl groups excluding tert-OH is 1. The molecule has 1 rings (SSSR count). The zero-order valence-electron chi connectivity index (χ0n) is 8.75. The first-order valence-electron chi connectivity index (χ1n) is 4.48. The van der Waals surface area contributed by atoms with Crippen molar-refractivity contribution in [3.63, 3.8) is 0 Å². The standard InChI is InChI=1S/C10H8N2O5/c1-5-6(4-11)2-7(12(16)17)3-8(5)9(13)10(14)15/h2-3,9,13H,1H3,(H,14,15). The number of nitro benzene ring substituents is 1. The molecular weight excluding hydrogens is 228 g/mol. The highest BCUT2D eigenvalue weighted by Gasteiger charge is 2.23. The Hall–Kier alpha value is -2.46. The number of hydrogen-bond acceptors (Lipinski definition) is 5. The summed E-state index contributed by atoms with van der Waals surface area (Å²) in [6.45, 7) is 1.42. The number of carboxylic acid groups (broad SMARTS) is 1. The van der Waals surface area contributed by atoms with E-state index in [-0.39, 0.29) is 16.7 Å². The third-order valence-electron chi connectivity index (χ3n) is 2.29. The average molecular weight is 236 g/mol. The van der Waals surface area contributed by atoms with Crippen LogP contribution in [0.25, 0.3) is 0 Å². The zero-order valence-corrected chi connectivity index (χ0v) is 8.75. The first-order chi connectivity index (χ1) is 7.88. The molecule has 0 saturated carbocycles. The molecule has 0 aliphatic carbocycles. The van der Waals surface area contributed by atoms with Crippen LogP contribution in [0.1, 0.15) is 22.8 Å². The van der Waals surface area contributed by atoms with Gasteiger partial charge in [-0.1, -0.05) is 0 Å². The number of nitriles is 1. The van der Waals surface area contributed by atoms with Gasteiger partial charge in [-0.25, -0.2) is 4.79 Å². The minimum absolute atomic E-state index is 0.0329. The van der Waals surface area contributed by atoms with E-state index < -0.39 is 22.7 Å². The second kappa shape index (κ2) is 4.59. The van der Waals surface area contributed by atoms with Gasteiger partial charge in [0.25, 0.3) is 5.69 Å². The number of carbonyl (C=O) groups is 1. The molecule has 0 bridgehead atoms. The lowest BCUT2D eigenvalue weighted by Crippen LogP contribution is -2.13. The van der Waals surface area contributed by atoms with Crippen molar-refractivity contribution in [2.75, 3.05) is 0 Å². The highest BCUT2D eigenvalue weighted by molar-refractivity contribution is 5.75. The summed E-state index contributed by atoms with van der Waals surface area (Å²) in [4.78, 5) is 20.5. The quantitative estimate of drug-likeness (QED) is 0.593. The van der Waals surface area contributed by atoms with Crippen LogP contribution in [-0.4, -0.2) is 21.1 Å². The number of aliphatic carboxylic acids is 1. The van der Waals surface area contributed by atoms with Crippen LogP contribution < -0.4 is 0 Å². The third-order valence-corrected chi connectivity index (χ3v) is 2.29. The summed E-state index contributed by atoms with van der Waals surface area (Å²) < 4.78 is 0. The van der Waals surface area contributed by atoms with E-state index in [1.54, 1.807) is 6.07 Å². The van der Waals surface area contributed by atoms with Crippen LogP contribution in [-0.2, 0) is 4.79 Å². The Kier molecular flexibility index (Phi) is 3.40. The van der Waals surface area contributed by atoms with Gasteiger partial charge in [-0.2, -0.15) is 5.26 Å². The lowest BCUT2D eigenvalue weighted by molar-refractivity contribution is -0.385. The predicted octanol–water partition coefficient (Wildman–Crippen LogP) is 0.893. The lowest BCUT2D eigenvalue weighted by Gasteiger charge is -2.10. The van der Waals surface area contributed by atoms with Crippen molar-refractivity contribution >= 4 is 11.7 Å². The molecule has 1 unspecified atom stereocenters. The molecule has 0 heterocycles. The number of non-ortho nitro benzene ring substituents is 1. The van der Waals surface area contributed by atoms with Crippen LogP contribution in [0.15, 0.2) is 12.1 Å². The number of benzene rings is 1. The average Bonchev–Trinajstić information content (AvgIpc) is 2.27. The van der Waals surface area contributed by atoms with Gasteiger partial charge in [-0.15, -0.1) is 0 Å². The molecule has 7 nitrogen and oxygen atoms in total. The first kappa shape index (κ1) is 12.6. The van der Waals surface area contributed by atoms with Crippen molar-refractivity contribution < 1.29 is 19.9 Å². The summed E-state index contributed by atoms with van der Waals surface area (Å²) in [5, 5.41) is 37.4. The predicted molar refractivity (Wildman–Crippen MR) is 55.1 cm³/mol. The highest BCUT2D eigenvalue weighted by atomic mass is 16.6. The van der Waals surface area contributed by atoms with Gasteiger partial charge in [0.05, 0.1) is 16.6 Å². The van der Waals surface area contributed by atoms with E-state index in [1.807, 2.05) is 0 Å². The minimum Gasteiger partial charge on any atom is -0.479 e. The summed E-state index contributed by atoms with van der Waals surface area (Å²) in [6, 6.07) is 3.70. The highest BCUT2D eigenvalue weighted by Crippen LogP contribution is 2.26. The SMILES string of the molecule is Cc1c(C#N)cc([N+](=O)[O-])cc1C(O)C(=O)O. The van der Waals surface area contributed by atoms with Gasteiger partial charge in [0.15, 0.2) is 6.10 Å². The molecule has 0 aliphatic rings. The Morgan fingerprint density at radius 2 is 2.18 bits per heavy atom. The number of carboxylic acids is 1. The number of aliphatic hydroxyl groups is 1. The first-order valence-corrected chi connectivity index (χ1v) is 4.48. The van der Waals surface area contributed by atoms with Crippen LogP contribution in [0.2, 0.25) is 0 Å². The van der Waals surface area contributed by atoms with Crippen LogP contribution in [0, 0.1) is 28.4 Å². The monoisotopic (exact) mass is 236 g/mol. The van der Waals surface area contributed by atoms with E-state index in [0.717, 1.165) is 12.1 Å². The smallest absolute Gasteiger partial charge is 0.337 e. The maximum atomic E-state index is 10.6. The molecule has 1 aromatic rings. The van der Waals surface area contributed by atoms with E-state index in [1.165, 1.54) is 6.92 Å². The molecule has 0 spiro atoms. The summed E-state index contributed by atoms with van der Waals surface area (Å²) in [7, 11) is 0. The van der Waals surface area contributed by atoms with Gasteiger partial charge in [-0.3, -0.25) is 10.1 Å². The minimum atomic E-state index is -1.89. The molecule has 0 amide bonds. The van der Waals surface area contributed by atoms with Crippen molar-refractivity contribution in [2.45, 2.75) is 13.0 Å². The van der Waals surface area contributed by atoms with E-state index in [9.17, 15) is 20.0 Å². The van der Waals surface area contributed by atoms with Gasteiger partial charge in [0, 0.05) is 17.7 Å². The topological polar surface area (TPSA) is 124 Å². The molecule has 1 atom stereocenters. The maximum Gasteiger partial charge on any atom is 0.337 e. The van der Waals surface area contributed by atoms with Gasteiger partial charge in [0.1, 0.15) is 0 Å². The number of hydrogen-bond donors (Lipinski definition) is 2. The normalized spacial score (nSPS) is 11.6. The summed E-state index contributed by atoms with van der Waals surface area (Å²) in [6.07, 6.45) is -1.89. The Bertz CT molecular complexity index is 532. The van der Waals surface area contributed by atoms with Gasteiger partial charge >= 0.3 is 5.97 Å². The summed E-state index contributed by atoms with van der Waals surface area (Å²) in [5.74, 6) is -1.53. The fourth-order valence-corrected chi connectivity index (χ4v) is 1.36. The molecule has 17 heavy (non-hydrogen) atoms. The van der Waals surface area contributed by atoms with Crippen molar-refractivity contribution in [2.24, 2.45) is 0 Å². The molecular formula is C10H8N2O5. The Balaban J connectivity index is 3.49. The summed E-state index contributed by atoms with van der Waals surface area (Å²) in [5.41, 5.74) is -0.395. The van der Waals surface area contributed by atoms with Crippen molar-refractivity contribution in [3.8, 4) is 6.07 Å². The largest absolute Gasteiger partial charge is 0.479 e. The van der Waals surface area contributed by atoms with Crippen molar-refractivity contribution in [1.29, 1.82) is 5.26 Å². The van der Waals surface area contributed by atoms with Crippen molar-refractivity contribution in [1.82, 2.24) is 0 Å². The Morgan fingerprint density at radius 1 is 1.59 bits per heavy atom. The molecule has 0 fully saturated rings. The van der Waals surface area contributed by atoms with Gasteiger partial charge < -0.3 is 10.2 Å². The fourth-order valence-electron chi connectivity index (χ4n) is 1.36. The second-order valence-corrected chi connectivity index (χ2v) is 3.32. The van der Waals surface area contributed by atoms with E-state index in [4.69, 9.17) is 10.4 Å². The van der Waals surface area contributed by atoms with Crippen LogP contribution >= 0.6 is 0 Å². The molecule has 1 aromatic carbocycles. The zero-order chi connectivity index (χ0) is 13.2. The molecule has 0 saturated heterocycles.